The molecule has 116 valence electrons. The molecule has 3 aromatic carbocycles. The predicted octanol–water partition coefficient (Wildman–Crippen LogP) is 4.05. The fraction of sp³-hybridized carbons (Fsp3) is 0.0526. The average Bonchev–Trinajstić information content (AvgIpc) is 2.58. The first-order chi connectivity index (χ1) is 11.2. The summed E-state index contributed by atoms with van der Waals surface area (Å²) in [5.41, 5.74) is 0. The second-order valence-corrected chi connectivity index (χ2v) is 7.10. The van der Waals surface area contributed by atoms with Crippen molar-refractivity contribution in [3.63, 3.8) is 0 Å². The van der Waals surface area contributed by atoms with E-state index in [2.05, 4.69) is 29.0 Å². The Hall–Kier alpha value is -2.25. The lowest BCUT2D eigenvalue weighted by atomic mass is 10.3. The monoisotopic (exact) mass is 328 g/mol. The number of hydrogen-bond donors (Lipinski definition) is 0. The van der Waals surface area contributed by atoms with Crippen molar-refractivity contribution >= 4 is 23.8 Å². The van der Waals surface area contributed by atoms with Crippen molar-refractivity contribution in [2.75, 3.05) is 0 Å². The molecule has 0 heterocycles. The van der Waals surface area contributed by atoms with Crippen molar-refractivity contribution in [2.45, 2.75) is 6.61 Å². The van der Waals surface area contributed by atoms with E-state index in [-0.39, 0.29) is 5.75 Å². The summed E-state index contributed by atoms with van der Waals surface area (Å²) in [5.74, 6) is 0.180. The average molecular weight is 328 g/mol. The van der Waals surface area contributed by atoms with E-state index < -0.39 is 14.5 Å². The Morgan fingerprint density at radius 2 is 1.04 bits per heavy atom. The lowest BCUT2D eigenvalue weighted by Crippen LogP contribution is -2.20. The highest BCUT2D eigenvalue weighted by Crippen LogP contribution is 2.33. The van der Waals surface area contributed by atoms with Gasteiger partial charge in [-0.05, 0) is 36.0 Å². The zero-order valence-electron chi connectivity index (χ0n) is 12.3. The molecule has 0 aliphatic carbocycles. The molecule has 0 saturated carbocycles. The van der Waals surface area contributed by atoms with Gasteiger partial charge in [-0.25, -0.2) is 0 Å². The van der Waals surface area contributed by atoms with Gasteiger partial charge in [-0.1, -0.05) is 72.8 Å². The van der Waals surface area contributed by atoms with Gasteiger partial charge in [-0.15, -0.1) is 0 Å². The minimum Gasteiger partial charge on any atom is -0.435 e. The van der Waals surface area contributed by atoms with E-state index in [9.17, 15) is 8.78 Å². The topological polar surface area (TPSA) is 9.23 Å². The van der Waals surface area contributed by atoms with Gasteiger partial charge >= 0.3 is 6.61 Å². The third-order valence-electron chi connectivity index (χ3n) is 3.35. The molecule has 23 heavy (non-hydrogen) atoms. The molecule has 3 rings (SSSR count). The Labute approximate surface area is 135 Å². The predicted molar refractivity (Wildman–Crippen MR) is 91.8 cm³/mol. The van der Waals surface area contributed by atoms with Crippen LogP contribution >= 0.6 is 7.92 Å². The van der Waals surface area contributed by atoms with E-state index in [1.807, 2.05) is 48.5 Å². The van der Waals surface area contributed by atoms with Crippen molar-refractivity contribution in [3.8, 4) is 5.75 Å². The standard InChI is InChI=1S/C19H15F2OP/c20-19(21)22-15-11-13-18(14-12-15)23(16-7-3-1-4-8-16)17-9-5-2-6-10-17/h1-14,19H. The number of halogens is 2. The normalized spacial score (nSPS) is 11.0. The molecule has 0 spiro atoms. The highest BCUT2D eigenvalue weighted by Gasteiger charge is 2.16. The largest absolute Gasteiger partial charge is 0.435 e. The summed E-state index contributed by atoms with van der Waals surface area (Å²) in [6, 6.07) is 27.4. The maximum Gasteiger partial charge on any atom is 0.387 e. The lowest BCUT2D eigenvalue weighted by molar-refractivity contribution is -0.0498. The van der Waals surface area contributed by atoms with Gasteiger partial charge in [-0.3, -0.25) is 0 Å². The molecule has 0 fully saturated rings. The zero-order valence-corrected chi connectivity index (χ0v) is 13.2. The molecule has 0 saturated heterocycles. The fourth-order valence-corrected chi connectivity index (χ4v) is 4.66. The van der Waals surface area contributed by atoms with Crippen molar-refractivity contribution in [2.24, 2.45) is 0 Å². The molecule has 3 aromatic rings. The summed E-state index contributed by atoms with van der Waals surface area (Å²) < 4.78 is 29.0. The Bertz CT molecular complexity index is 691. The first-order valence-corrected chi connectivity index (χ1v) is 8.53. The first-order valence-electron chi connectivity index (χ1n) is 7.19. The van der Waals surface area contributed by atoms with Gasteiger partial charge in [0.15, 0.2) is 0 Å². The molecule has 1 nitrogen and oxygen atoms in total. The van der Waals surface area contributed by atoms with Gasteiger partial charge in [0.25, 0.3) is 0 Å². The maximum atomic E-state index is 12.3. The van der Waals surface area contributed by atoms with Crippen LogP contribution in [0.5, 0.6) is 5.75 Å². The van der Waals surface area contributed by atoms with Crippen LogP contribution < -0.4 is 20.7 Å². The van der Waals surface area contributed by atoms with Crippen LogP contribution in [-0.2, 0) is 0 Å². The first kappa shape index (κ1) is 15.6. The molecule has 0 atom stereocenters. The lowest BCUT2D eigenvalue weighted by Gasteiger charge is -2.19. The molecule has 0 aliphatic heterocycles. The van der Waals surface area contributed by atoms with Gasteiger partial charge in [-0.2, -0.15) is 8.78 Å². The quantitative estimate of drug-likeness (QED) is 0.642. The van der Waals surface area contributed by atoms with Gasteiger partial charge in [0, 0.05) is 0 Å². The van der Waals surface area contributed by atoms with Crippen LogP contribution in [0.15, 0.2) is 84.9 Å². The van der Waals surface area contributed by atoms with E-state index in [0.717, 1.165) is 5.30 Å². The SMILES string of the molecule is FC(F)Oc1ccc(P(c2ccccc2)c2ccccc2)cc1. The Balaban J connectivity index is 1.99. The summed E-state index contributed by atoms with van der Waals surface area (Å²) in [6.45, 7) is -2.80. The van der Waals surface area contributed by atoms with E-state index in [4.69, 9.17) is 0 Å². The Kier molecular flexibility index (Phi) is 4.99. The van der Waals surface area contributed by atoms with Crippen LogP contribution in [-0.4, -0.2) is 6.61 Å². The Morgan fingerprint density at radius 1 is 0.609 bits per heavy atom. The fourth-order valence-electron chi connectivity index (χ4n) is 2.38. The van der Waals surface area contributed by atoms with Crippen LogP contribution in [0.4, 0.5) is 8.78 Å². The number of rotatable bonds is 5. The van der Waals surface area contributed by atoms with Crippen LogP contribution in [0.25, 0.3) is 0 Å². The molecule has 0 aromatic heterocycles. The summed E-state index contributed by atoms with van der Waals surface area (Å²) in [5, 5.41) is 3.53. The van der Waals surface area contributed by atoms with Crippen LogP contribution in [0.2, 0.25) is 0 Å². The number of hydrogen-bond acceptors (Lipinski definition) is 1. The third kappa shape index (κ3) is 3.94. The van der Waals surface area contributed by atoms with Crippen molar-refractivity contribution in [3.05, 3.63) is 84.9 Å². The number of ether oxygens (including phenoxy) is 1. The molecule has 0 amide bonds. The summed E-state index contributed by atoms with van der Waals surface area (Å²) in [4.78, 5) is 0. The van der Waals surface area contributed by atoms with Crippen molar-refractivity contribution in [1.82, 2.24) is 0 Å². The van der Waals surface area contributed by atoms with Gasteiger partial charge in [0.1, 0.15) is 5.75 Å². The maximum absolute atomic E-state index is 12.3. The minimum atomic E-state index is -2.80. The minimum absolute atomic E-state index is 0.180. The number of alkyl halides is 2. The molecule has 4 heteroatoms. The van der Waals surface area contributed by atoms with Crippen molar-refractivity contribution < 1.29 is 13.5 Å². The highest BCUT2D eigenvalue weighted by atomic mass is 31.1. The molecule has 0 radical (unpaired) electrons. The summed E-state index contributed by atoms with van der Waals surface area (Å²) in [6.07, 6.45) is 0. The number of benzene rings is 3. The third-order valence-corrected chi connectivity index (χ3v) is 5.79. The van der Waals surface area contributed by atoms with E-state index in [1.54, 1.807) is 12.1 Å². The van der Waals surface area contributed by atoms with E-state index >= 15 is 0 Å². The molecule has 0 bridgehead atoms. The molecule has 0 aliphatic rings. The van der Waals surface area contributed by atoms with Gasteiger partial charge in [0.05, 0.1) is 0 Å². The second-order valence-electron chi connectivity index (χ2n) is 4.88. The van der Waals surface area contributed by atoms with Gasteiger partial charge < -0.3 is 4.74 Å². The zero-order chi connectivity index (χ0) is 16.1. The van der Waals surface area contributed by atoms with Gasteiger partial charge in [0.2, 0.25) is 0 Å². The van der Waals surface area contributed by atoms with E-state index in [1.165, 1.54) is 10.6 Å². The summed E-state index contributed by atoms with van der Waals surface area (Å²) in [7, 11) is -0.722. The van der Waals surface area contributed by atoms with Crippen LogP contribution in [0.1, 0.15) is 0 Å². The molecular formula is C19H15F2OP. The molecular weight excluding hydrogens is 313 g/mol. The highest BCUT2D eigenvalue weighted by molar-refractivity contribution is 7.79. The molecule has 0 unspecified atom stereocenters. The second kappa shape index (κ2) is 7.34. The van der Waals surface area contributed by atoms with E-state index in [0.29, 0.717) is 0 Å². The Morgan fingerprint density at radius 3 is 1.48 bits per heavy atom. The van der Waals surface area contributed by atoms with Crippen molar-refractivity contribution in [1.29, 1.82) is 0 Å². The summed E-state index contributed by atoms with van der Waals surface area (Å²) >= 11 is 0. The smallest absolute Gasteiger partial charge is 0.387 e. The van der Waals surface area contributed by atoms with Crippen LogP contribution in [0, 0.1) is 0 Å². The molecule has 0 N–H and O–H groups in total. The van der Waals surface area contributed by atoms with Crippen LogP contribution in [0.3, 0.4) is 0 Å².